The first-order chi connectivity index (χ1) is 50.2. The Morgan fingerprint density at radius 3 is 1.33 bits per heavy atom. The summed E-state index contributed by atoms with van der Waals surface area (Å²) < 4.78 is 64.9. The van der Waals surface area contributed by atoms with E-state index in [9.17, 15) is 38.1 Å². The second-order valence-corrected chi connectivity index (χ2v) is 31.7. The molecule has 0 spiro atoms. The van der Waals surface area contributed by atoms with Gasteiger partial charge in [-0.15, -0.1) is 0 Å². The van der Waals surface area contributed by atoms with Gasteiger partial charge in [-0.2, -0.15) is 0 Å². The lowest BCUT2D eigenvalue weighted by Crippen LogP contribution is -2.46. The fourth-order valence-electron chi connectivity index (χ4n) is 11.5. The minimum absolute atomic E-state index is 0.00819. The van der Waals surface area contributed by atoms with Crippen molar-refractivity contribution in [2.24, 2.45) is 0 Å². The zero-order valence-corrected chi connectivity index (χ0v) is 65.8. The van der Waals surface area contributed by atoms with Crippen molar-refractivity contribution in [3.05, 3.63) is 143 Å². The molecule has 4 aromatic carbocycles. The minimum Gasteiger partial charge on any atom is -0.458 e. The van der Waals surface area contributed by atoms with Gasteiger partial charge in [-0.25, -0.2) is 14.4 Å². The maximum absolute atomic E-state index is 14.6. The SMILES string of the molecule is CC(C)(C)OC(=O)[C@H](CCC(=O)NCCOCCOCC(=O)NCCOCCOCC(=O)NCCCC[C@H](NC(=O)OCc1ccccc1)C(=O)OC(c1ccccc1)(c1ccccc1)c1ccccc1Cl)NC(=O)CCCCCCCCCCCCCCCCCCP(=O)(OC(C)(C)C)OC(C)(C)C. The number of ether oxygens (including phenoxy) is 7. The number of rotatable bonds is 55. The monoisotopic (exact) mass is 1500 g/mol. The highest BCUT2D eigenvalue weighted by Crippen LogP contribution is 2.55. The molecule has 0 bridgehead atoms. The molecule has 105 heavy (non-hydrogen) atoms. The van der Waals surface area contributed by atoms with E-state index in [1.54, 1.807) is 32.9 Å². The molecule has 0 saturated heterocycles. The number of carbonyl (C=O) groups excluding carboxylic acids is 7. The first kappa shape index (κ1) is 90.6. The quantitative estimate of drug-likeness (QED) is 0.00903. The number of unbranched alkanes of at least 4 members (excludes halogenated alkanes) is 16. The van der Waals surface area contributed by atoms with E-state index in [-0.39, 0.29) is 128 Å². The molecular weight excluding hydrogens is 1380 g/mol. The van der Waals surface area contributed by atoms with Gasteiger partial charge in [0.1, 0.15) is 37.5 Å². The van der Waals surface area contributed by atoms with Crippen molar-refractivity contribution in [2.45, 2.75) is 245 Å². The highest BCUT2D eigenvalue weighted by atomic mass is 35.5. The Labute approximate surface area is 630 Å². The van der Waals surface area contributed by atoms with E-state index in [1.807, 2.05) is 145 Å². The van der Waals surface area contributed by atoms with Crippen molar-refractivity contribution < 1.29 is 80.3 Å². The number of hydrogen-bond acceptors (Lipinski definition) is 17. The average Bonchev–Trinajstić information content (AvgIpc) is 0.746. The molecule has 0 aromatic heterocycles. The largest absolute Gasteiger partial charge is 0.458 e. The predicted octanol–water partition coefficient (Wildman–Crippen LogP) is 15.1. The zero-order valence-electron chi connectivity index (χ0n) is 64.1. The Hall–Kier alpha value is -6.75. The van der Waals surface area contributed by atoms with Crippen molar-refractivity contribution in [3.63, 3.8) is 0 Å². The number of carbonyl (C=O) groups is 7. The third-order valence-corrected chi connectivity index (χ3v) is 19.2. The number of benzene rings is 4. The summed E-state index contributed by atoms with van der Waals surface area (Å²) in [5, 5.41) is 14.2. The molecule has 0 radical (unpaired) electrons. The molecule has 586 valence electrons. The van der Waals surface area contributed by atoms with Crippen LogP contribution >= 0.6 is 19.2 Å². The molecule has 0 aliphatic carbocycles. The van der Waals surface area contributed by atoms with Crippen LogP contribution in [0.3, 0.4) is 0 Å². The summed E-state index contributed by atoms with van der Waals surface area (Å²) in [4.78, 5) is 91.6. The van der Waals surface area contributed by atoms with Crippen molar-refractivity contribution >= 4 is 60.9 Å². The lowest BCUT2D eigenvalue weighted by atomic mass is 9.80. The van der Waals surface area contributed by atoms with Crippen LogP contribution in [0.4, 0.5) is 4.79 Å². The average molecular weight is 1510 g/mol. The molecule has 4 rings (SSSR count). The Morgan fingerprint density at radius 1 is 0.410 bits per heavy atom. The first-order valence-electron chi connectivity index (χ1n) is 37.9. The lowest BCUT2D eigenvalue weighted by molar-refractivity contribution is -0.159. The summed E-state index contributed by atoms with van der Waals surface area (Å²) in [7, 11) is -3.16. The number of nitrogens with one attached hydrogen (secondary N) is 5. The minimum atomic E-state index is -3.16. The van der Waals surface area contributed by atoms with Crippen molar-refractivity contribution in [1.29, 1.82) is 0 Å². The number of hydrogen-bond donors (Lipinski definition) is 5. The van der Waals surface area contributed by atoms with Gasteiger partial charge in [-0.3, -0.25) is 23.7 Å². The number of esters is 2. The third kappa shape index (κ3) is 41.3. The van der Waals surface area contributed by atoms with Gasteiger partial charge in [-0.1, -0.05) is 211 Å². The van der Waals surface area contributed by atoms with Crippen LogP contribution in [0.5, 0.6) is 0 Å². The van der Waals surface area contributed by atoms with E-state index in [2.05, 4.69) is 26.6 Å². The van der Waals surface area contributed by atoms with Crippen LogP contribution in [0.2, 0.25) is 5.02 Å². The molecule has 24 heteroatoms. The van der Waals surface area contributed by atoms with E-state index >= 15 is 0 Å². The van der Waals surface area contributed by atoms with Crippen LogP contribution in [-0.4, -0.2) is 149 Å². The Kier molecular flexibility index (Phi) is 43.8. The first-order valence-corrected chi connectivity index (χ1v) is 40.0. The normalized spacial score (nSPS) is 12.6. The molecule has 0 saturated carbocycles. The summed E-state index contributed by atoms with van der Waals surface area (Å²) >= 11 is 6.89. The molecular formula is C81H123ClN5O17P. The predicted molar refractivity (Wildman–Crippen MR) is 410 cm³/mol. The van der Waals surface area contributed by atoms with Crippen LogP contribution in [0.15, 0.2) is 115 Å². The van der Waals surface area contributed by atoms with E-state index in [0.29, 0.717) is 47.1 Å². The van der Waals surface area contributed by atoms with Gasteiger partial charge in [0.15, 0.2) is 5.60 Å². The van der Waals surface area contributed by atoms with Crippen molar-refractivity contribution in [3.8, 4) is 0 Å². The molecule has 5 N–H and O–H groups in total. The smallest absolute Gasteiger partial charge is 0.408 e. The Balaban J connectivity index is 0.992. The number of amides is 5. The van der Waals surface area contributed by atoms with E-state index in [4.69, 9.17) is 53.8 Å². The van der Waals surface area contributed by atoms with Gasteiger partial charge in [-0.05, 0) is 112 Å². The lowest BCUT2D eigenvalue weighted by Gasteiger charge is -2.37. The topological polar surface area (TPSA) is 280 Å². The molecule has 0 fully saturated rings. The van der Waals surface area contributed by atoms with Crippen LogP contribution < -0.4 is 26.6 Å². The summed E-state index contributed by atoms with van der Waals surface area (Å²) in [6.45, 7) is 18.1. The van der Waals surface area contributed by atoms with Crippen LogP contribution in [0.25, 0.3) is 0 Å². The van der Waals surface area contributed by atoms with Crippen LogP contribution in [0, 0.1) is 0 Å². The summed E-state index contributed by atoms with van der Waals surface area (Å²) in [6.07, 6.45) is 19.0. The summed E-state index contributed by atoms with van der Waals surface area (Å²) in [6, 6.07) is 32.8. The second kappa shape index (κ2) is 50.7. The van der Waals surface area contributed by atoms with Crippen LogP contribution in [0.1, 0.15) is 226 Å². The fraction of sp³-hybridized carbons (Fsp3) is 0.617. The Morgan fingerprint density at radius 2 is 0.838 bits per heavy atom. The molecule has 2 atom stereocenters. The number of halogens is 1. The zero-order chi connectivity index (χ0) is 76.7. The van der Waals surface area contributed by atoms with Gasteiger partial charge < -0.3 is 68.8 Å². The van der Waals surface area contributed by atoms with E-state index < -0.39 is 60.1 Å². The van der Waals surface area contributed by atoms with Gasteiger partial charge in [0.05, 0.1) is 57.0 Å². The molecule has 4 aromatic rings. The summed E-state index contributed by atoms with van der Waals surface area (Å²) in [5.41, 5.74) is -0.725. The van der Waals surface area contributed by atoms with Gasteiger partial charge in [0.2, 0.25) is 23.6 Å². The van der Waals surface area contributed by atoms with E-state index in [1.165, 1.54) is 57.8 Å². The molecule has 0 unspecified atom stereocenters. The second-order valence-electron chi connectivity index (χ2n) is 29.3. The molecule has 0 aliphatic rings. The van der Waals surface area contributed by atoms with Crippen molar-refractivity contribution in [2.75, 3.05) is 78.7 Å². The van der Waals surface area contributed by atoms with Crippen molar-refractivity contribution in [1.82, 2.24) is 26.6 Å². The Bertz CT molecular complexity index is 3110. The maximum atomic E-state index is 14.6. The maximum Gasteiger partial charge on any atom is 0.408 e. The third-order valence-electron chi connectivity index (χ3n) is 16.3. The summed E-state index contributed by atoms with van der Waals surface area (Å²) in [5.74, 6) is -2.54. The molecule has 22 nitrogen and oxygen atoms in total. The number of alkyl carbamates (subject to hydrolysis) is 1. The molecule has 0 aliphatic heterocycles. The highest BCUT2D eigenvalue weighted by molar-refractivity contribution is 7.53. The van der Waals surface area contributed by atoms with E-state index in [0.717, 1.165) is 44.1 Å². The van der Waals surface area contributed by atoms with Crippen LogP contribution in [-0.2, 0) is 87.7 Å². The van der Waals surface area contributed by atoms with Gasteiger partial charge >= 0.3 is 25.6 Å². The highest BCUT2D eigenvalue weighted by Gasteiger charge is 2.44. The fourth-order valence-corrected chi connectivity index (χ4v) is 14.3. The standard InChI is InChI=1S/C81H123ClN5O17P/c1-78(2,3)101-75(92)70(86-72(89)48-33-22-20-18-16-14-12-10-11-13-15-17-19-21-23-38-60-105(95,103-79(4,5)6)104-80(7,8)9)49-50-71(88)84-52-54-96-56-59-99-63-74(91)85-53-55-97-57-58-98-62-73(90)83-51-37-36-47-69(87-77(94)100-61-64-39-27-24-28-40-64)76(93)102-81(65-41-29-25-30-42-65,66-43-31-26-32-44-66)67-45-34-35-46-68(67)82/h24-32,34-35,39-46,69-70H,10-23,33,36-38,47-63H2,1-9H3,(H,83,90)(H,84,88)(H,85,91)(H,86,89)(H,87,94)/t69-,70-/m0/s1. The molecule has 0 heterocycles. The molecule has 5 amide bonds. The van der Waals surface area contributed by atoms with Gasteiger partial charge in [0, 0.05) is 54.2 Å². The van der Waals surface area contributed by atoms with Gasteiger partial charge in [0.25, 0.3) is 0 Å².